The van der Waals surface area contributed by atoms with Crippen LogP contribution in [0, 0.1) is 0 Å². The van der Waals surface area contributed by atoms with Crippen LogP contribution in [-0.2, 0) is 22.4 Å². The predicted octanol–water partition coefficient (Wildman–Crippen LogP) is 3.12. The highest BCUT2D eigenvalue weighted by atomic mass is 16.5. The van der Waals surface area contributed by atoms with Crippen molar-refractivity contribution < 1.29 is 14.3 Å². The van der Waals surface area contributed by atoms with Crippen molar-refractivity contribution in [1.82, 2.24) is 0 Å². The second-order valence-electron chi connectivity index (χ2n) is 5.19. The molecule has 1 unspecified atom stereocenters. The lowest BCUT2D eigenvalue weighted by molar-refractivity contribution is -0.131. The van der Waals surface area contributed by atoms with Crippen molar-refractivity contribution >= 4 is 5.78 Å². The first kappa shape index (κ1) is 13.8. The van der Waals surface area contributed by atoms with Crippen molar-refractivity contribution in [3.63, 3.8) is 0 Å². The van der Waals surface area contributed by atoms with Gasteiger partial charge in [0, 0.05) is 6.42 Å². The van der Waals surface area contributed by atoms with Gasteiger partial charge in [-0.05, 0) is 35.2 Å². The number of Topliss-reactive ketones (excluding diaryl/α,β-unsaturated/α-hetero) is 1. The molecule has 0 fully saturated rings. The van der Waals surface area contributed by atoms with E-state index in [1.807, 2.05) is 42.5 Å². The zero-order valence-corrected chi connectivity index (χ0v) is 12.0. The molecular weight excluding hydrogens is 264 g/mol. The predicted molar refractivity (Wildman–Crippen MR) is 80.5 cm³/mol. The molecule has 0 bridgehead atoms. The van der Waals surface area contributed by atoms with Gasteiger partial charge in [0.15, 0.2) is 5.78 Å². The van der Waals surface area contributed by atoms with Crippen molar-refractivity contribution in [2.24, 2.45) is 0 Å². The van der Waals surface area contributed by atoms with Gasteiger partial charge in [0.05, 0.1) is 13.7 Å². The molecule has 3 rings (SSSR count). The van der Waals surface area contributed by atoms with Gasteiger partial charge in [-0.25, -0.2) is 0 Å². The summed E-state index contributed by atoms with van der Waals surface area (Å²) in [6.45, 7) is 0.603. The van der Waals surface area contributed by atoms with E-state index in [1.165, 1.54) is 5.56 Å². The fraction of sp³-hybridized carbons (Fsp3) is 0.278. The molecule has 2 aromatic rings. The van der Waals surface area contributed by atoms with Gasteiger partial charge in [-0.1, -0.05) is 36.4 Å². The van der Waals surface area contributed by atoms with Gasteiger partial charge in [0.1, 0.15) is 11.9 Å². The topological polar surface area (TPSA) is 35.5 Å². The summed E-state index contributed by atoms with van der Waals surface area (Å²) in [7, 11) is 1.63. The Bertz CT molecular complexity index is 648. The molecule has 3 heteroatoms. The number of ether oxygens (including phenoxy) is 2. The normalized spacial score (nSPS) is 17.1. The molecule has 0 spiro atoms. The summed E-state index contributed by atoms with van der Waals surface area (Å²) >= 11 is 0. The van der Waals surface area contributed by atoms with Crippen LogP contribution in [0.1, 0.15) is 22.8 Å². The van der Waals surface area contributed by atoms with Crippen molar-refractivity contribution in [3.8, 4) is 5.75 Å². The minimum atomic E-state index is -0.443. The molecule has 3 nitrogen and oxygen atoms in total. The summed E-state index contributed by atoms with van der Waals surface area (Å²) < 4.78 is 10.9. The van der Waals surface area contributed by atoms with Crippen LogP contribution < -0.4 is 4.74 Å². The van der Waals surface area contributed by atoms with Crippen LogP contribution in [0.25, 0.3) is 0 Å². The number of rotatable bonds is 4. The number of hydrogen-bond donors (Lipinski definition) is 0. The molecule has 2 aromatic carbocycles. The van der Waals surface area contributed by atoms with Crippen LogP contribution in [0.3, 0.4) is 0 Å². The molecule has 1 aliphatic heterocycles. The molecule has 0 amide bonds. The van der Waals surface area contributed by atoms with Crippen LogP contribution in [-0.4, -0.2) is 19.5 Å². The van der Waals surface area contributed by atoms with Crippen molar-refractivity contribution in [3.05, 3.63) is 65.2 Å². The van der Waals surface area contributed by atoms with Gasteiger partial charge in [0.2, 0.25) is 0 Å². The average molecular weight is 282 g/mol. The van der Waals surface area contributed by atoms with Crippen LogP contribution in [0.15, 0.2) is 48.5 Å². The van der Waals surface area contributed by atoms with Gasteiger partial charge in [0.25, 0.3) is 0 Å². The Hall–Kier alpha value is -2.13. The first-order chi connectivity index (χ1) is 10.3. The van der Waals surface area contributed by atoms with Crippen LogP contribution in [0.4, 0.5) is 0 Å². The number of ketones is 1. The van der Waals surface area contributed by atoms with Gasteiger partial charge < -0.3 is 9.47 Å². The van der Waals surface area contributed by atoms with Crippen molar-refractivity contribution in [1.29, 1.82) is 0 Å². The molecule has 0 N–H and O–H groups in total. The zero-order chi connectivity index (χ0) is 14.7. The third-order valence-electron chi connectivity index (χ3n) is 3.80. The molecule has 0 aliphatic carbocycles. The van der Waals surface area contributed by atoms with E-state index in [9.17, 15) is 4.79 Å². The van der Waals surface area contributed by atoms with Gasteiger partial charge in [-0.15, -0.1) is 0 Å². The molecule has 21 heavy (non-hydrogen) atoms. The van der Waals surface area contributed by atoms with E-state index >= 15 is 0 Å². The molecule has 1 aliphatic rings. The summed E-state index contributed by atoms with van der Waals surface area (Å²) in [5.41, 5.74) is 3.18. The Morgan fingerprint density at radius 1 is 1.24 bits per heavy atom. The standard InChI is InChI=1S/C18H18O3/c1-20-15-7-4-5-13(11-15)12-17(19)18-16-8-3-2-6-14(16)9-10-21-18/h2-8,11,18H,9-10,12H2,1H3. The Labute approximate surface area is 124 Å². The maximum Gasteiger partial charge on any atom is 0.170 e. The Morgan fingerprint density at radius 3 is 2.95 bits per heavy atom. The van der Waals surface area contributed by atoms with Crippen LogP contribution in [0.5, 0.6) is 5.75 Å². The van der Waals surface area contributed by atoms with Crippen molar-refractivity contribution in [2.75, 3.05) is 13.7 Å². The van der Waals surface area contributed by atoms with Crippen LogP contribution in [0.2, 0.25) is 0 Å². The lowest BCUT2D eigenvalue weighted by Crippen LogP contribution is -2.24. The Morgan fingerprint density at radius 2 is 2.10 bits per heavy atom. The highest BCUT2D eigenvalue weighted by Crippen LogP contribution is 2.28. The molecule has 1 atom stereocenters. The maximum atomic E-state index is 12.6. The summed E-state index contributed by atoms with van der Waals surface area (Å²) in [5.74, 6) is 0.862. The van der Waals surface area contributed by atoms with E-state index in [4.69, 9.17) is 9.47 Å². The lowest BCUT2D eigenvalue weighted by Gasteiger charge is -2.25. The van der Waals surface area contributed by atoms with Crippen molar-refractivity contribution in [2.45, 2.75) is 18.9 Å². The number of hydrogen-bond acceptors (Lipinski definition) is 3. The van der Waals surface area contributed by atoms with Gasteiger partial charge in [-0.2, -0.15) is 0 Å². The lowest BCUT2D eigenvalue weighted by atomic mass is 9.93. The van der Waals surface area contributed by atoms with E-state index in [2.05, 4.69) is 6.07 Å². The van der Waals surface area contributed by atoms with E-state index in [-0.39, 0.29) is 5.78 Å². The highest BCUT2D eigenvalue weighted by molar-refractivity contribution is 5.87. The van der Waals surface area contributed by atoms with E-state index in [1.54, 1.807) is 7.11 Å². The maximum absolute atomic E-state index is 12.6. The van der Waals surface area contributed by atoms with Crippen LogP contribution >= 0.6 is 0 Å². The smallest absolute Gasteiger partial charge is 0.170 e. The number of fused-ring (bicyclic) bond motifs is 1. The summed E-state index contributed by atoms with van der Waals surface area (Å²) in [6.07, 6.45) is 0.788. The third kappa shape index (κ3) is 2.98. The fourth-order valence-electron chi connectivity index (χ4n) is 2.74. The number of methoxy groups -OCH3 is 1. The Balaban J connectivity index is 1.80. The highest BCUT2D eigenvalue weighted by Gasteiger charge is 2.26. The zero-order valence-electron chi connectivity index (χ0n) is 12.0. The van der Waals surface area contributed by atoms with Gasteiger partial charge >= 0.3 is 0 Å². The fourth-order valence-corrected chi connectivity index (χ4v) is 2.74. The number of carbonyl (C=O) groups excluding carboxylic acids is 1. The SMILES string of the molecule is COc1cccc(CC(=O)C2OCCc3ccccc32)c1. The second kappa shape index (κ2) is 6.10. The summed E-state index contributed by atoms with van der Waals surface area (Å²) in [4.78, 5) is 12.6. The minimum absolute atomic E-state index is 0.0930. The van der Waals surface area contributed by atoms with E-state index < -0.39 is 6.10 Å². The Kier molecular flexibility index (Phi) is 4.02. The quantitative estimate of drug-likeness (QED) is 0.864. The van der Waals surface area contributed by atoms with Gasteiger partial charge in [-0.3, -0.25) is 4.79 Å². The number of carbonyl (C=O) groups is 1. The molecular formula is C18H18O3. The molecule has 0 saturated heterocycles. The monoisotopic (exact) mass is 282 g/mol. The average Bonchev–Trinajstić information content (AvgIpc) is 2.54. The molecule has 0 radical (unpaired) electrons. The first-order valence-electron chi connectivity index (χ1n) is 7.13. The van der Waals surface area contributed by atoms with E-state index in [0.717, 1.165) is 23.3 Å². The molecule has 0 aromatic heterocycles. The molecule has 1 heterocycles. The minimum Gasteiger partial charge on any atom is -0.497 e. The molecule has 108 valence electrons. The number of benzene rings is 2. The van der Waals surface area contributed by atoms with E-state index in [0.29, 0.717) is 13.0 Å². The summed E-state index contributed by atoms with van der Waals surface area (Å²) in [6, 6.07) is 15.6. The largest absolute Gasteiger partial charge is 0.497 e. The molecule has 0 saturated carbocycles. The third-order valence-corrected chi connectivity index (χ3v) is 3.80. The summed E-state index contributed by atoms with van der Waals surface area (Å²) in [5, 5.41) is 0. The second-order valence-corrected chi connectivity index (χ2v) is 5.19. The first-order valence-corrected chi connectivity index (χ1v) is 7.13.